The molecule has 1 aliphatic rings. The molecule has 0 aromatic carbocycles. The predicted octanol–water partition coefficient (Wildman–Crippen LogP) is 0.615. The van der Waals surface area contributed by atoms with Gasteiger partial charge in [-0.1, -0.05) is 12.2 Å². The van der Waals surface area contributed by atoms with Crippen LogP contribution in [0, 0.1) is 0 Å². The molecule has 0 bridgehead atoms. The van der Waals surface area contributed by atoms with Crippen molar-refractivity contribution in [1.82, 2.24) is 10.2 Å². The standard InChI is InChI=1S/C9H17N3/c1-8-3-5-11-9(2)12(7-8)6-4-10/h7,11H,2-6,10H2,1H3. The maximum atomic E-state index is 5.48. The second-order valence-corrected chi connectivity index (χ2v) is 3.08. The Morgan fingerprint density at radius 2 is 2.50 bits per heavy atom. The zero-order valence-electron chi connectivity index (χ0n) is 7.64. The van der Waals surface area contributed by atoms with Crippen LogP contribution in [0.1, 0.15) is 13.3 Å². The Labute approximate surface area is 73.9 Å². The molecule has 0 amide bonds. The van der Waals surface area contributed by atoms with E-state index >= 15 is 0 Å². The molecular weight excluding hydrogens is 150 g/mol. The molecule has 0 atom stereocenters. The molecule has 1 heterocycles. The van der Waals surface area contributed by atoms with Gasteiger partial charge >= 0.3 is 0 Å². The van der Waals surface area contributed by atoms with Crippen LogP contribution in [0.25, 0.3) is 0 Å². The molecule has 3 N–H and O–H groups in total. The highest BCUT2D eigenvalue weighted by atomic mass is 15.2. The first-order valence-corrected chi connectivity index (χ1v) is 4.31. The van der Waals surface area contributed by atoms with E-state index < -0.39 is 0 Å². The van der Waals surface area contributed by atoms with E-state index in [1.807, 2.05) is 0 Å². The largest absolute Gasteiger partial charge is 0.372 e. The third kappa shape index (κ3) is 2.27. The van der Waals surface area contributed by atoms with Crippen LogP contribution < -0.4 is 11.1 Å². The summed E-state index contributed by atoms with van der Waals surface area (Å²) in [4.78, 5) is 2.07. The van der Waals surface area contributed by atoms with E-state index in [-0.39, 0.29) is 0 Å². The summed E-state index contributed by atoms with van der Waals surface area (Å²) in [7, 11) is 0. The monoisotopic (exact) mass is 167 g/mol. The lowest BCUT2D eigenvalue weighted by Crippen LogP contribution is -2.29. The molecule has 68 valence electrons. The van der Waals surface area contributed by atoms with Gasteiger partial charge in [-0.15, -0.1) is 0 Å². The van der Waals surface area contributed by atoms with Crippen LogP contribution >= 0.6 is 0 Å². The first kappa shape index (κ1) is 9.13. The third-order valence-electron chi connectivity index (χ3n) is 1.94. The van der Waals surface area contributed by atoms with Crippen molar-refractivity contribution in [2.24, 2.45) is 5.73 Å². The average Bonchev–Trinajstić information content (AvgIpc) is 2.16. The molecular formula is C9H17N3. The fraction of sp³-hybridized carbons (Fsp3) is 0.556. The fourth-order valence-corrected chi connectivity index (χ4v) is 1.25. The van der Waals surface area contributed by atoms with Crippen LogP contribution in [0.4, 0.5) is 0 Å². The second-order valence-electron chi connectivity index (χ2n) is 3.08. The van der Waals surface area contributed by atoms with Gasteiger partial charge in [0.05, 0.1) is 5.82 Å². The number of nitrogens with one attached hydrogen (secondary N) is 1. The first-order chi connectivity index (χ1) is 5.74. The van der Waals surface area contributed by atoms with Crippen molar-refractivity contribution >= 4 is 0 Å². The lowest BCUT2D eigenvalue weighted by atomic mass is 10.2. The Morgan fingerprint density at radius 3 is 3.17 bits per heavy atom. The minimum atomic E-state index is 0.657. The van der Waals surface area contributed by atoms with Gasteiger partial charge < -0.3 is 16.0 Å². The number of rotatable bonds is 2. The lowest BCUT2D eigenvalue weighted by molar-refractivity contribution is 0.445. The Kier molecular flexibility index (Phi) is 3.17. The highest BCUT2D eigenvalue weighted by Crippen LogP contribution is 2.09. The molecule has 0 fully saturated rings. The first-order valence-electron chi connectivity index (χ1n) is 4.31. The van der Waals surface area contributed by atoms with Gasteiger partial charge in [-0.05, 0) is 13.3 Å². The van der Waals surface area contributed by atoms with Crippen molar-refractivity contribution in [3.63, 3.8) is 0 Å². The van der Waals surface area contributed by atoms with Gasteiger partial charge in [0.15, 0.2) is 0 Å². The number of hydrogen-bond donors (Lipinski definition) is 2. The number of hydrogen-bond acceptors (Lipinski definition) is 3. The Morgan fingerprint density at radius 1 is 1.75 bits per heavy atom. The van der Waals surface area contributed by atoms with Gasteiger partial charge in [-0.3, -0.25) is 0 Å². The smallest absolute Gasteiger partial charge is 0.0979 e. The minimum absolute atomic E-state index is 0.657. The molecule has 0 spiro atoms. The Balaban J connectivity index is 2.64. The lowest BCUT2D eigenvalue weighted by Gasteiger charge is -2.20. The van der Waals surface area contributed by atoms with E-state index in [0.29, 0.717) is 6.54 Å². The van der Waals surface area contributed by atoms with Gasteiger partial charge in [-0.2, -0.15) is 0 Å². The van der Waals surface area contributed by atoms with Crippen molar-refractivity contribution in [3.8, 4) is 0 Å². The summed E-state index contributed by atoms with van der Waals surface area (Å²) in [6, 6.07) is 0. The minimum Gasteiger partial charge on any atom is -0.372 e. The van der Waals surface area contributed by atoms with Crippen molar-refractivity contribution in [1.29, 1.82) is 0 Å². The Hall–Kier alpha value is -0.960. The summed E-state index contributed by atoms with van der Waals surface area (Å²) in [5, 5.41) is 3.23. The molecule has 0 unspecified atom stereocenters. The third-order valence-corrected chi connectivity index (χ3v) is 1.94. The van der Waals surface area contributed by atoms with Gasteiger partial charge in [-0.25, -0.2) is 0 Å². The SMILES string of the molecule is C=C1NCCC(C)=CN1CCN. The van der Waals surface area contributed by atoms with Gasteiger partial charge in [0, 0.05) is 25.8 Å². The van der Waals surface area contributed by atoms with Crippen molar-refractivity contribution < 1.29 is 0 Å². The van der Waals surface area contributed by atoms with Crippen LogP contribution in [0.5, 0.6) is 0 Å². The summed E-state index contributed by atoms with van der Waals surface area (Å²) in [5.41, 5.74) is 6.85. The van der Waals surface area contributed by atoms with Crippen molar-refractivity contribution in [3.05, 3.63) is 24.2 Å². The zero-order valence-corrected chi connectivity index (χ0v) is 7.64. The fourth-order valence-electron chi connectivity index (χ4n) is 1.25. The topological polar surface area (TPSA) is 41.3 Å². The van der Waals surface area contributed by atoms with Crippen LogP contribution in [0.3, 0.4) is 0 Å². The summed E-state index contributed by atoms with van der Waals surface area (Å²) >= 11 is 0. The summed E-state index contributed by atoms with van der Waals surface area (Å²) in [6.45, 7) is 8.52. The number of nitrogens with zero attached hydrogens (tertiary/aromatic N) is 1. The molecule has 3 nitrogen and oxygen atoms in total. The summed E-state index contributed by atoms with van der Waals surface area (Å²) in [5.74, 6) is 0.956. The van der Waals surface area contributed by atoms with Crippen LogP contribution in [0.15, 0.2) is 24.2 Å². The molecule has 12 heavy (non-hydrogen) atoms. The molecule has 0 radical (unpaired) electrons. The molecule has 1 aliphatic heterocycles. The normalized spacial score (nSPS) is 18.3. The zero-order chi connectivity index (χ0) is 8.97. The number of nitrogens with two attached hydrogens (primary N) is 1. The van der Waals surface area contributed by atoms with Gasteiger partial charge in [0.1, 0.15) is 0 Å². The highest BCUT2D eigenvalue weighted by molar-refractivity contribution is 5.08. The molecule has 3 heteroatoms. The quantitative estimate of drug-likeness (QED) is 0.633. The maximum Gasteiger partial charge on any atom is 0.0979 e. The predicted molar refractivity (Wildman–Crippen MR) is 51.3 cm³/mol. The average molecular weight is 167 g/mol. The molecule has 1 rings (SSSR count). The van der Waals surface area contributed by atoms with Gasteiger partial charge in [0.25, 0.3) is 0 Å². The van der Waals surface area contributed by atoms with Gasteiger partial charge in [0.2, 0.25) is 0 Å². The molecule has 0 aromatic rings. The van der Waals surface area contributed by atoms with E-state index in [4.69, 9.17) is 5.73 Å². The van der Waals surface area contributed by atoms with Crippen LogP contribution in [-0.2, 0) is 0 Å². The van der Waals surface area contributed by atoms with Crippen molar-refractivity contribution in [2.45, 2.75) is 13.3 Å². The van der Waals surface area contributed by atoms with E-state index in [1.165, 1.54) is 5.57 Å². The van der Waals surface area contributed by atoms with E-state index in [2.05, 4.69) is 29.9 Å². The molecule has 0 saturated carbocycles. The van der Waals surface area contributed by atoms with Crippen LogP contribution in [-0.4, -0.2) is 24.5 Å². The molecule has 0 aliphatic carbocycles. The maximum absolute atomic E-state index is 5.48. The summed E-state index contributed by atoms with van der Waals surface area (Å²) < 4.78 is 0. The van der Waals surface area contributed by atoms with Crippen LogP contribution in [0.2, 0.25) is 0 Å². The molecule has 0 aromatic heterocycles. The van der Waals surface area contributed by atoms with E-state index in [9.17, 15) is 0 Å². The highest BCUT2D eigenvalue weighted by Gasteiger charge is 2.07. The van der Waals surface area contributed by atoms with E-state index in [0.717, 1.165) is 25.3 Å². The Bertz CT molecular complexity index is 196. The van der Waals surface area contributed by atoms with Crippen molar-refractivity contribution in [2.75, 3.05) is 19.6 Å². The second kappa shape index (κ2) is 4.16. The summed E-state index contributed by atoms with van der Waals surface area (Å²) in [6.07, 6.45) is 3.20. The van der Waals surface area contributed by atoms with E-state index in [1.54, 1.807) is 0 Å². The molecule has 0 saturated heterocycles.